The van der Waals surface area contributed by atoms with Crippen LogP contribution in [0.3, 0.4) is 0 Å². The lowest BCUT2D eigenvalue weighted by Crippen LogP contribution is -2.44. The van der Waals surface area contributed by atoms with E-state index in [-0.39, 0.29) is 0 Å². The molecular weight excluding hydrogens is 238 g/mol. The molecule has 108 valence electrons. The molecule has 0 aromatic carbocycles. The summed E-state index contributed by atoms with van der Waals surface area (Å²) in [5.74, 6) is 2.82. The number of likely N-dealkylation sites (tertiary alicyclic amines) is 1. The van der Waals surface area contributed by atoms with Crippen LogP contribution in [-0.4, -0.2) is 45.3 Å². The number of hydrogen-bond acceptors (Lipinski definition) is 4. The van der Waals surface area contributed by atoms with Crippen molar-refractivity contribution in [1.82, 2.24) is 25.0 Å². The molecular formula is C14H27N5. The average molecular weight is 265 g/mol. The summed E-state index contributed by atoms with van der Waals surface area (Å²) in [6, 6.07) is 0.606. The summed E-state index contributed by atoms with van der Waals surface area (Å²) in [6.45, 7) is 10.8. The first-order chi connectivity index (χ1) is 9.11. The van der Waals surface area contributed by atoms with Crippen LogP contribution < -0.4 is 5.32 Å². The summed E-state index contributed by atoms with van der Waals surface area (Å²) in [5.41, 5.74) is 0. The number of nitrogens with one attached hydrogen (secondary N) is 1. The van der Waals surface area contributed by atoms with E-state index in [1.807, 2.05) is 14.0 Å². The monoisotopic (exact) mass is 265 g/mol. The molecule has 1 fully saturated rings. The largest absolute Gasteiger partial charge is 0.317 e. The Kier molecular flexibility index (Phi) is 4.93. The van der Waals surface area contributed by atoms with Gasteiger partial charge in [0.25, 0.3) is 0 Å². The van der Waals surface area contributed by atoms with Gasteiger partial charge in [0.15, 0.2) is 0 Å². The lowest BCUT2D eigenvalue weighted by Gasteiger charge is -2.35. The summed E-state index contributed by atoms with van der Waals surface area (Å²) in [6.07, 6.45) is 2.62. The molecule has 2 heterocycles. The lowest BCUT2D eigenvalue weighted by molar-refractivity contribution is 0.141. The van der Waals surface area contributed by atoms with Gasteiger partial charge in [0, 0.05) is 19.6 Å². The van der Waals surface area contributed by atoms with E-state index in [0.717, 1.165) is 30.7 Å². The Morgan fingerprint density at radius 1 is 1.42 bits per heavy atom. The van der Waals surface area contributed by atoms with Gasteiger partial charge >= 0.3 is 0 Å². The molecule has 0 amide bonds. The molecule has 1 aliphatic heterocycles. The third-order valence-corrected chi connectivity index (χ3v) is 4.32. The molecule has 0 radical (unpaired) electrons. The molecule has 2 unspecified atom stereocenters. The maximum Gasteiger partial charge on any atom is 0.146 e. The number of hydrogen-bond donors (Lipinski definition) is 1. The van der Waals surface area contributed by atoms with Gasteiger partial charge < -0.3 is 9.88 Å². The Morgan fingerprint density at radius 3 is 2.84 bits per heavy atom. The van der Waals surface area contributed by atoms with E-state index in [1.54, 1.807) is 0 Å². The molecule has 1 N–H and O–H groups in total. The Labute approximate surface area is 116 Å². The van der Waals surface area contributed by atoms with Gasteiger partial charge in [-0.3, -0.25) is 4.90 Å². The van der Waals surface area contributed by atoms with Gasteiger partial charge in [-0.2, -0.15) is 0 Å². The highest BCUT2D eigenvalue weighted by Gasteiger charge is 2.25. The lowest BCUT2D eigenvalue weighted by atomic mass is 9.91. The van der Waals surface area contributed by atoms with E-state index < -0.39 is 0 Å². The summed E-state index contributed by atoms with van der Waals surface area (Å²) in [4.78, 5) is 2.52. The average Bonchev–Trinajstić information content (AvgIpc) is 2.71. The predicted molar refractivity (Wildman–Crippen MR) is 76.9 cm³/mol. The van der Waals surface area contributed by atoms with E-state index >= 15 is 0 Å². The second-order valence-electron chi connectivity index (χ2n) is 5.71. The SMILES string of the molecule is CCNC(C)C1CCCN(Cc2nnc(C)n2C)C1. The van der Waals surface area contributed by atoms with Gasteiger partial charge in [-0.1, -0.05) is 6.92 Å². The first kappa shape index (κ1) is 14.5. The molecule has 0 bridgehead atoms. The molecule has 1 saturated heterocycles. The van der Waals surface area contributed by atoms with Crippen molar-refractivity contribution in [2.75, 3.05) is 19.6 Å². The molecule has 0 aliphatic carbocycles. The summed E-state index contributed by atoms with van der Waals surface area (Å²) < 4.78 is 2.09. The van der Waals surface area contributed by atoms with Gasteiger partial charge in [-0.25, -0.2) is 0 Å². The van der Waals surface area contributed by atoms with Crippen molar-refractivity contribution >= 4 is 0 Å². The van der Waals surface area contributed by atoms with E-state index in [1.165, 1.54) is 25.9 Å². The fraction of sp³-hybridized carbons (Fsp3) is 0.857. The van der Waals surface area contributed by atoms with Crippen molar-refractivity contribution in [2.24, 2.45) is 13.0 Å². The molecule has 0 saturated carbocycles. The Morgan fingerprint density at radius 2 is 2.21 bits per heavy atom. The number of rotatable bonds is 5. The van der Waals surface area contributed by atoms with Crippen LogP contribution in [0, 0.1) is 12.8 Å². The minimum Gasteiger partial charge on any atom is -0.317 e. The topological polar surface area (TPSA) is 46.0 Å². The molecule has 1 aromatic heterocycles. The van der Waals surface area contributed by atoms with Gasteiger partial charge in [0.1, 0.15) is 11.6 Å². The first-order valence-corrected chi connectivity index (χ1v) is 7.42. The smallest absolute Gasteiger partial charge is 0.146 e. The summed E-state index contributed by atoms with van der Waals surface area (Å²) in [5, 5.41) is 12.0. The first-order valence-electron chi connectivity index (χ1n) is 7.42. The van der Waals surface area contributed by atoms with Crippen molar-refractivity contribution in [1.29, 1.82) is 0 Å². The molecule has 1 aliphatic rings. The Bertz CT molecular complexity index is 401. The van der Waals surface area contributed by atoms with Gasteiger partial charge in [-0.05, 0) is 45.7 Å². The molecule has 2 atom stereocenters. The van der Waals surface area contributed by atoms with E-state index in [0.29, 0.717) is 6.04 Å². The minimum absolute atomic E-state index is 0.606. The fourth-order valence-electron chi connectivity index (χ4n) is 2.92. The van der Waals surface area contributed by atoms with E-state index in [2.05, 4.69) is 38.8 Å². The number of aryl methyl sites for hydroxylation is 1. The molecule has 5 nitrogen and oxygen atoms in total. The standard InChI is InChI=1S/C14H27N5/c1-5-15-11(2)13-7-6-8-19(9-13)10-14-17-16-12(3)18(14)4/h11,13,15H,5-10H2,1-4H3. The highest BCUT2D eigenvalue weighted by Crippen LogP contribution is 2.21. The maximum absolute atomic E-state index is 4.27. The van der Waals surface area contributed by atoms with Crippen molar-refractivity contribution in [3.63, 3.8) is 0 Å². The molecule has 0 spiro atoms. The van der Waals surface area contributed by atoms with Gasteiger partial charge in [0.05, 0.1) is 6.54 Å². The van der Waals surface area contributed by atoms with E-state index in [9.17, 15) is 0 Å². The van der Waals surface area contributed by atoms with Crippen LogP contribution >= 0.6 is 0 Å². The van der Waals surface area contributed by atoms with Crippen molar-refractivity contribution in [3.05, 3.63) is 11.6 Å². The molecule has 1 aromatic rings. The van der Waals surface area contributed by atoms with Crippen LogP contribution in [0.4, 0.5) is 0 Å². The summed E-state index contributed by atoms with van der Waals surface area (Å²) in [7, 11) is 2.05. The highest BCUT2D eigenvalue weighted by molar-refractivity contribution is 4.93. The van der Waals surface area contributed by atoms with Crippen molar-refractivity contribution in [3.8, 4) is 0 Å². The third-order valence-electron chi connectivity index (χ3n) is 4.32. The quantitative estimate of drug-likeness (QED) is 0.872. The van der Waals surface area contributed by atoms with Crippen LogP contribution in [0.15, 0.2) is 0 Å². The highest BCUT2D eigenvalue weighted by atomic mass is 15.3. The van der Waals surface area contributed by atoms with Crippen LogP contribution in [-0.2, 0) is 13.6 Å². The molecule has 5 heteroatoms. The fourth-order valence-corrected chi connectivity index (χ4v) is 2.92. The molecule has 2 rings (SSSR count). The van der Waals surface area contributed by atoms with Crippen LogP contribution in [0.2, 0.25) is 0 Å². The van der Waals surface area contributed by atoms with Gasteiger partial charge in [-0.15, -0.1) is 10.2 Å². The van der Waals surface area contributed by atoms with Crippen LogP contribution in [0.1, 0.15) is 38.3 Å². The number of piperidine rings is 1. The van der Waals surface area contributed by atoms with E-state index in [4.69, 9.17) is 0 Å². The molecule has 19 heavy (non-hydrogen) atoms. The third kappa shape index (κ3) is 3.54. The number of aromatic nitrogens is 3. The van der Waals surface area contributed by atoms with Crippen molar-refractivity contribution in [2.45, 2.75) is 46.2 Å². The minimum atomic E-state index is 0.606. The Balaban J connectivity index is 1.92. The van der Waals surface area contributed by atoms with Gasteiger partial charge in [0.2, 0.25) is 0 Å². The normalized spacial score (nSPS) is 22.6. The van der Waals surface area contributed by atoms with Crippen LogP contribution in [0.25, 0.3) is 0 Å². The van der Waals surface area contributed by atoms with Crippen molar-refractivity contribution < 1.29 is 0 Å². The zero-order chi connectivity index (χ0) is 13.8. The Hall–Kier alpha value is -0.940. The number of nitrogens with zero attached hydrogens (tertiary/aromatic N) is 4. The summed E-state index contributed by atoms with van der Waals surface area (Å²) >= 11 is 0. The maximum atomic E-state index is 4.27. The second kappa shape index (κ2) is 6.48. The zero-order valence-electron chi connectivity index (χ0n) is 12.7. The predicted octanol–water partition coefficient (Wildman–Crippen LogP) is 1.33. The second-order valence-corrected chi connectivity index (χ2v) is 5.71. The van der Waals surface area contributed by atoms with Crippen LogP contribution in [0.5, 0.6) is 0 Å². The zero-order valence-corrected chi connectivity index (χ0v) is 12.7.